The number of benzene rings is 3. The van der Waals surface area contributed by atoms with Gasteiger partial charge in [0.15, 0.2) is 0 Å². The highest BCUT2D eigenvalue weighted by Crippen LogP contribution is 2.33. The average Bonchev–Trinajstić information content (AvgIpc) is 3.77. The molecule has 7 nitrogen and oxygen atoms in total. The Kier molecular flexibility index (Phi) is 6.00. The van der Waals surface area contributed by atoms with Gasteiger partial charge in [0.1, 0.15) is 16.5 Å². The molecule has 7 aromatic rings. The van der Waals surface area contributed by atoms with E-state index in [1.54, 1.807) is 6.20 Å². The summed E-state index contributed by atoms with van der Waals surface area (Å²) in [5.74, 6) is 0.788. The summed E-state index contributed by atoms with van der Waals surface area (Å²) < 4.78 is 0. The first-order chi connectivity index (χ1) is 20.7. The standard InChI is InChI=1S/C34H26N6OS/c41-33(39-28-13-11-20-7-5-15-35-32(20)28)30-19-42-34(40-30)23-16-21(12-14-31-37-26-9-3-4-10-27(26)38-31)24-17-22-6-1-2-8-25(22)36-29(24)18-23/h1-10,15-19,28H,11-14H2,(H,37,38)(H,39,41). The van der Waals surface area contributed by atoms with Gasteiger partial charge in [-0.05, 0) is 72.9 Å². The molecule has 0 spiro atoms. The number of hydrogen-bond donors (Lipinski definition) is 2. The first-order valence-corrected chi connectivity index (χ1v) is 15.0. The number of pyridine rings is 2. The summed E-state index contributed by atoms with van der Waals surface area (Å²) in [7, 11) is 0. The monoisotopic (exact) mass is 566 g/mol. The third-order valence-corrected chi connectivity index (χ3v) is 8.93. The summed E-state index contributed by atoms with van der Waals surface area (Å²) in [5, 5.41) is 8.01. The van der Waals surface area contributed by atoms with Crippen LogP contribution in [0.1, 0.15) is 45.6 Å². The number of aromatic nitrogens is 5. The fourth-order valence-electron chi connectivity index (χ4n) is 5.96. The number of hydrogen-bond acceptors (Lipinski definition) is 6. The molecule has 8 rings (SSSR count). The first kappa shape index (κ1) is 24.8. The number of nitrogens with zero attached hydrogens (tertiary/aromatic N) is 4. The summed E-state index contributed by atoms with van der Waals surface area (Å²) in [6, 6.07) is 26.7. The van der Waals surface area contributed by atoms with Crippen molar-refractivity contribution in [2.75, 3.05) is 0 Å². The number of rotatable bonds is 6. The molecule has 1 aliphatic carbocycles. The van der Waals surface area contributed by atoms with Gasteiger partial charge in [0, 0.05) is 34.3 Å². The van der Waals surface area contributed by atoms with Crippen LogP contribution in [-0.4, -0.2) is 30.8 Å². The summed E-state index contributed by atoms with van der Waals surface area (Å²) in [6.07, 6.45) is 5.12. The number of amides is 1. The predicted octanol–water partition coefficient (Wildman–Crippen LogP) is 6.99. The Morgan fingerprint density at radius 1 is 0.905 bits per heavy atom. The van der Waals surface area contributed by atoms with Crippen LogP contribution in [0.5, 0.6) is 0 Å². The second kappa shape index (κ2) is 10.2. The maximum Gasteiger partial charge on any atom is 0.271 e. The van der Waals surface area contributed by atoms with Gasteiger partial charge in [0.2, 0.25) is 0 Å². The number of aryl methyl sites for hydroxylation is 3. The Bertz CT molecular complexity index is 2100. The van der Waals surface area contributed by atoms with Gasteiger partial charge in [-0.1, -0.05) is 36.4 Å². The maximum absolute atomic E-state index is 13.2. The lowest BCUT2D eigenvalue weighted by atomic mass is 9.99. The number of fused-ring (bicyclic) bond motifs is 4. The van der Waals surface area contributed by atoms with Gasteiger partial charge in [-0.15, -0.1) is 11.3 Å². The van der Waals surface area contributed by atoms with Crippen molar-refractivity contribution < 1.29 is 4.79 Å². The maximum atomic E-state index is 13.2. The third kappa shape index (κ3) is 4.50. The predicted molar refractivity (Wildman–Crippen MR) is 167 cm³/mol. The van der Waals surface area contributed by atoms with E-state index < -0.39 is 0 Å². The lowest BCUT2D eigenvalue weighted by Crippen LogP contribution is -2.27. The second-order valence-electron chi connectivity index (χ2n) is 10.7. The number of aromatic amines is 1. The molecule has 0 saturated carbocycles. The molecule has 0 saturated heterocycles. The smallest absolute Gasteiger partial charge is 0.271 e. The van der Waals surface area contributed by atoms with Gasteiger partial charge in [0.05, 0.1) is 33.8 Å². The molecular formula is C34H26N6OS. The molecule has 1 atom stereocenters. The Hall–Kier alpha value is -4.95. The lowest BCUT2D eigenvalue weighted by Gasteiger charge is -2.12. The van der Waals surface area contributed by atoms with Crippen LogP contribution in [0, 0.1) is 0 Å². The fourth-order valence-corrected chi connectivity index (χ4v) is 6.74. The van der Waals surface area contributed by atoms with Gasteiger partial charge < -0.3 is 10.3 Å². The van der Waals surface area contributed by atoms with E-state index in [9.17, 15) is 4.79 Å². The normalized spacial score (nSPS) is 14.5. The van der Waals surface area contributed by atoms with Crippen molar-refractivity contribution in [2.24, 2.45) is 0 Å². The van der Waals surface area contributed by atoms with E-state index in [1.807, 2.05) is 47.8 Å². The number of nitrogens with one attached hydrogen (secondary N) is 2. The van der Waals surface area contributed by atoms with E-state index in [1.165, 1.54) is 22.5 Å². The van der Waals surface area contributed by atoms with Crippen LogP contribution in [0.15, 0.2) is 90.4 Å². The second-order valence-corrected chi connectivity index (χ2v) is 11.6. The summed E-state index contributed by atoms with van der Waals surface area (Å²) in [5.41, 5.74) is 8.62. The number of para-hydroxylation sites is 3. The van der Waals surface area contributed by atoms with Gasteiger partial charge in [-0.2, -0.15) is 0 Å². The Balaban J connectivity index is 1.12. The minimum absolute atomic E-state index is 0.0816. The molecule has 1 aliphatic rings. The third-order valence-electron chi connectivity index (χ3n) is 8.04. The zero-order valence-electron chi connectivity index (χ0n) is 22.7. The van der Waals surface area contributed by atoms with Crippen LogP contribution >= 0.6 is 11.3 Å². The summed E-state index contributed by atoms with van der Waals surface area (Å²) in [4.78, 5) is 35.7. The van der Waals surface area contributed by atoms with Crippen molar-refractivity contribution in [3.63, 3.8) is 0 Å². The van der Waals surface area contributed by atoms with Crippen molar-refractivity contribution >= 4 is 50.1 Å². The van der Waals surface area contributed by atoms with Crippen molar-refractivity contribution in [2.45, 2.75) is 31.7 Å². The van der Waals surface area contributed by atoms with Crippen LogP contribution in [-0.2, 0) is 19.3 Å². The molecule has 3 aromatic carbocycles. The minimum atomic E-state index is -0.170. The Morgan fingerprint density at radius 3 is 2.71 bits per heavy atom. The molecule has 204 valence electrons. The molecule has 0 fully saturated rings. The molecule has 2 N–H and O–H groups in total. The molecule has 1 unspecified atom stereocenters. The highest BCUT2D eigenvalue weighted by Gasteiger charge is 2.26. The molecule has 8 heteroatoms. The first-order valence-electron chi connectivity index (χ1n) is 14.1. The number of carbonyl (C=O) groups excluding carboxylic acids is 1. The highest BCUT2D eigenvalue weighted by molar-refractivity contribution is 7.13. The topological polar surface area (TPSA) is 96.5 Å². The van der Waals surface area contributed by atoms with E-state index in [2.05, 4.69) is 51.7 Å². The van der Waals surface area contributed by atoms with Crippen molar-refractivity contribution in [3.05, 3.63) is 119 Å². The molecular weight excluding hydrogens is 540 g/mol. The van der Waals surface area contributed by atoms with Crippen molar-refractivity contribution in [3.8, 4) is 10.6 Å². The molecule has 0 bridgehead atoms. The molecule has 4 heterocycles. The van der Waals surface area contributed by atoms with E-state index in [0.717, 1.165) is 80.6 Å². The van der Waals surface area contributed by atoms with E-state index >= 15 is 0 Å². The fraction of sp³-hybridized carbons (Fsp3) is 0.147. The van der Waals surface area contributed by atoms with Crippen LogP contribution in [0.4, 0.5) is 0 Å². The van der Waals surface area contributed by atoms with Crippen molar-refractivity contribution in [1.82, 2.24) is 30.2 Å². The molecule has 0 aliphatic heterocycles. The van der Waals surface area contributed by atoms with Crippen LogP contribution in [0.2, 0.25) is 0 Å². The van der Waals surface area contributed by atoms with Crippen molar-refractivity contribution in [1.29, 1.82) is 0 Å². The molecule has 1 amide bonds. The number of imidazole rings is 1. The average molecular weight is 567 g/mol. The summed E-state index contributed by atoms with van der Waals surface area (Å²) >= 11 is 1.48. The van der Waals surface area contributed by atoms with E-state index in [0.29, 0.717) is 5.69 Å². The highest BCUT2D eigenvalue weighted by atomic mass is 32.1. The number of H-pyrrole nitrogens is 1. The van der Waals surface area contributed by atoms with Crippen LogP contribution in [0.25, 0.3) is 43.4 Å². The van der Waals surface area contributed by atoms with Gasteiger partial charge >= 0.3 is 0 Å². The van der Waals surface area contributed by atoms with E-state index in [-0.39, 0.29) is 11.9 Å². The molecule has 4 aromatic heterocycles. The molecule has 0 radical (unpaired) electrons. The summed E-state index contributed by atoms with van der Waals surface area (Å²) in [6.45, 7) is 0. The SMILES string of the molecule is O=C(NC1CCc2cccnc21)c1csc(-c2cc(CCc3nc4ccccc4[nH]3)c3cc4ccccc4nc3c2)n1. The zero-order chi connectivity index (χ0) is 28.0. The van der Waals surface area contributed by atoms with Crippen LogP contribution < -0.4 is 5.32 Å². The number of carbonyl (C=O) groups is 1. The quantitative estimate of drug-likeness (QED) is 0.212. The lowest BCUT2D eigenvalue weighted by molar-refractivity contribution is 0.0931. The Labute approximate surface area is 245 Å². The zero-order valence-corrected chi connectivity index (χ0v) is 23.5. The molecule has 42 heavy (non-hydrogen) atoms. The van der Waals surface area contributed by atoms with Gasteiger partial charge in [-0.25, -0.2) is 15.0 Å². The van der Waals surface area contributed by atoms with Gasteiger partial charge in [-0.3, -0.25) is 9.78 Å². The number of thiazole rings is 1. The minimum Gasteiger partial charge on any atom is -0.342 e. The largest absolute Gasteiger partial charge is 0.342 e. The van der Waals surface area contributed by atoms with Gasteiger partial charge in [0.25, 0.3) is 5.91 Å². The van der Waals surface area contributed by atoms with Crippen LogP contribution in [0.3, 0.4) is 0 Å². The Morgan fingerprint density at radius 2 is 1.79 bits per heavy atom. The van der Waals surface area contributed by atoms with E-state index in [4.69, 9.17) is 15.0 Å².